The highest BCUT2D eigenvalue weighted by Crippen LogP contribution is 2.26. The summed E-state index contributed by atoms with van der Waals surface area (Å²) in [5, 5.41) is 2.93. The van der Waals surface area contributed by atoms with Crippen LogP contribution >= 0.6 is 0 Å². The first-order valence-electron chi connectivity index (χ1n) is 8.93. The van der Waals surface area contributed by atoms with Gasteiger partial charge in [-0.2, -0.15) is 13.2 Å². The maximum absolute atomic E-state index is 12.0. The van der Waals surface area contributed by atoms with Gasteiger partial charge in [-0.15, -0.1) is 0 Å². The fourth-order valence-electron chi connectivity index (χ4n) is 2.55. The zero-order valence-corrected chi connectivity index (χ0v) is 15.6. The quantitative estimate of drug-likeness (QED) is 0.724. The second-order valence-electron chi connectivity index (χ2n) is 6.47. The van der Waals surface area contributed by atoms with Crippen molar-refractivity contribution in [2.24, 2.45) is 7.05 Å². The molecule has 29 heavy (non-hydrogen) atoms. The van der Waals surface area contributed by atoms with Crippen LogP contribution in [0.3, 0.4) is 0 Å². The molecule has 0 atom stereocenters. The Labute approximate surface area is 165 Å². The van der Waals surface area contributed by atoms with E-state index in [9.17, 15) is 18.0 Å². The minimum Gasteiger partial charge on any atom is -0.347 e. The van der Waals surface area contributed by atoms with Gasteiger partial charge >= 0.3 is 6.18 Å². The highest BCUT2D eigenvalue weighted by atomic mass is 19.4. The van der Waals surface area contributed by atoms with Crippen LogP contribution in [0.15, 0.2) is 49.2 Å². The van der Waals surface area contributed by atoms with E-state index in [2.05, 4.69) is 25.3 Å². The first-order chi connectivity index (χ1) is 13.8. The van der Waals surface area contributed by atoms with Gasteiger partial charge in [0.1, 0.15) is 5.69 Å². The molecule has 0 radical (unpaired) electrons. The fraction of sp³-hybridized carbons (Fsp3) is 0.316. The van der Waals surface area contributed by atoms with Crippen LogP contribution in [0.4, 0.5) is 13.2 Å². The molecule has 1 saturated carbocycles. The van der Waals surface area contributed by atoms with E-state index in [1.54, 1.807) is 24.8 Å². The molecule has 7 nitrogen and oxygen atoms in total. The van der Waals surface area contributed by atoms with Gasteiger partial charge in [0.15, 0.2) is 0 Å². The van der Waals surface area contributed by atoms with Crippen molar-refractivity contribution < 1.29 is 18.0 Å². The van der Waals surface area contributed by atoms with Gasteiger partial charge in [0.25, 0.3) is 5.91 Å². The van der Waals surface area contributed by atoms with E-state index in [4.69, 9.17) is 0 Å². The number of pyridine rings is 1. The number of nitrogens with zero attached hydrogens (tertiary/aromatic N) is 5. The van der Waals surface area contributed by atoms with Crippen LogP contribution in [-0.2, 0) is 13.2 Å². The molecule has 0 aliphatic heterocycles. The monoisotopic (exact) mass is 404 g/mol. The van der Waals surface area contributed by atoms with Crippen LogP contribution in [0, 0.1) is 0 Å². The molecule has 0 aromatic carbocycles. The van der Waals surface area contributed by atoms with E-state index in [0.717, 1.165) is 30.8 Å². The van der Waals surface area contributed by atoms with Crippen molar-refractivity contribution in [3.63, 3.8) is 0 Å². The molecular formula is C19H19F3N6O. The summed E-state index contributed by atoms with van der Waals surface area (Å²) in [7, 11) is 1.89. The molecule has 0 saturated heterocycles. The van der Waals surface area contributed by atoms with Gasteiger partial charge in [-0.05, 0) is 37.5 Å². The number of rotatable bonds is 3. The lowest BCUT2D eigenvalue weighted by Gasteiger charge is -2.25. The number of halogens is 3. The SMILES string of the molecule is Cn1cncc1-c1ccnc(C(=O)NC2CCC2)n1.FC(F)(F)c1ccccn1. The first kappa shape index (κ1) is 20.4. The summed E-state index contributed by atoms with van der Waals surface area (Å²) >= 11 is 0. The number of hydrogen-bond donors (Lipinski definition) is 1. The van der Waals surface area contributed by atoms with Gasteiger partial charge in [0, 0.05) is 25.5 Å². The maximum Gasteiger partial charge on any atom is 0.433 e. The van der Waals surface area contributed by atoms with Crippen molar-refractivity contribution in [2.75, 3.05) is 0 Å². The van der Waals surface area contributed by atoms with Gasteiger partial charge in [-0.25, -0.2) is 15.0 Å². The van der Waals surface area contributed by atoms with E-state index >= 15 is 0 Å². The van der Waals surface area contributed by atoms with E-state index in [1.807, 2.05) is 11.6 Å². The highest BCUT2D eigenvalue weighted by molar-refractivity contribution is 5.91. The summed E-state index contributed by atoms with van der Waals surface area (Å²) in [6, 6.07) is 5.74. The molecule has 10 heteroatoms. The number of aromatic nitrogens is 5. The second-order valence-corrected chi connectivity index (χ2v) is 6.47. The summed E-state index contributed by atoms with van der Waals surface area (Å²) in [6.45, 7) is 0. The lowest BCUT2D eigenvalue weighted by atomic mass is 9.93. The molecular weight excluding hydrogens is 385 g/mol. The number of alkyl halides is 3. The number of carbonyl (C=O) groups excluding carboxylic acids is 1. The highest BCUT2D eigenvalue weighted by Gasteiger charge is 2.31. The maximum atomic E-state index is 12.0. The van der Waals surface area contributed by atoms with Crippen molar-refractivity contribution in [1.82, 2.24) is 29.8 Å². The Hall–Kier alpha value is -3.30. The van der Waals surface area contributed by atoms with Gasteiger partial charge in [-0.3, -0.25) is 9.78 Å². The second kappa shape index (κ2) is 8.80. The predicted molar refractivity (Wildman–Crippen MR) is 98.6 cm³/mol. The van der Waals surface area contributed by atoms with Crippen molar-refractivity contribution in [2.45, 2.75) is 31.5 Å². The normalized spacial score (nSPS) is 13.8. The Morgan fingerprint density at radius 2 is 1.97 bits per heavy atom. The zero-order valence-electron chi connectivity index (χ0n) is 15.6. The summed E-state index contributed by atoms with van der Waals surface area (Å²) in [4.78, 5) is 27.5. The number of nitrogens with one attached hydrogen (secondary N) is 1. The minimum absolute atomic E-state index is 0.200. The first-order valence-corrected chi connectivity index (χ1v) is 8.93. The molecule has 1 aliphatic rings. The molecule has 1 fully saturated rings. The Kier molecular flexibility index (Phi) is 6.20. The molecule has 0 spiro atoms. The molecule has 4 rings (SSSR count). The molecule has 1 aliphatic carbocycles. The number of aryl methyl sites for hydroxylation is 1. The van der Waals surface area contributed by atoms with Crippen LogP contribution in [0.25, 0.3) is 11.4 Å². The summed E-state index contributed by atoms with van der Waals surface area (Å²) < 4.78 is 37.0. The molecule has 152 valence electrons. The third-order valence-corrected chi connectivity index (χ3v) is 4.33. The van der Waals surface area contributed by atoms with Crippen LogP contribution in [0.2, 0.25) is 0 Å². The topological polar surface area (TPSA) is 85.6 Å². The lowest BCUT2D eigenvalue weighted by Crippen LogP contribution is -2.40. The van der Waals surface area contributed by atoms with Crippen LogP contribution in [-0.4, -0.2) is 36.5 Å². The summed E-state index contributed by atoms with van der Waals surface area (Å²) in [5.41, 5.74) is 0.712. The summed E-state index contributed by atoms with van der Waals surface area (Å²) in [5.74, 6) is 0.0133. The number of hydrogen-bond acceptors (Lipinski definition) is 5. The van der Waals surface area contributed by atoms with Crippen molar-refractivity contribution in [3.8, 4) is 11.4 Å². The van der Waals surface area contributed by atoms with Crippen molar-refractivity contribution in [1.29, 1.82) is 0 Å². The molecule has 3 heterocycles. The molecule has 1 N–H and O–H groups in total. The minimum atomic E-state index is -4.32. The number of imidazole rings is 1. The lowest BCUT2D eigenvalue weighted by molar-refractivity contribution is -0.141. The third-order valence-electron chi connectivity index (χ3n) is 4.33. The predicted octanol–water partition coefficient (Wildman–Crippen LogP) is 3.26. The Balaban J connectivity index is 0.000000204. The average molecular weight is 404 g/mol. The van der Waals surface area contributed by atoms with Crippen LogP contribution < -0.4 is 5.32 Å². The van der Waals surface area contributed by atoms with Crippen LogP contribution in [0.5, 0.6) is 0 Å². The summed E-state index contributed by atoms with van der Waals surface area (Å²) in [6.07, 6.45) is 5.10. The average Bonchev–Trinajstić information content (AvgIpc) is 3.11. The third kappa shape index (κ3) is 5.37. The van der Waals surface area contributed by atoms with Gasteiger partial charge in [0.05, 0.1) is 23.9 Å². The smallest absolute Gasteiger partial charge is 0.347 e. The number of carbonyl (C=O) groups is 1. The van der Waals surface area contributed by atoms with E-state index in [0.29, 0.717) is 5.69 Å². The van der Waals surface area contributed by atoms with Crippen molar-refractivity contribution in [3.05, 3.63) is 60.7 Å². The van der Waals surface area contributed by atoms with Crippen molar-refractivity contribution >= 4 is 5.91 Å². The van der Waals surface area contributed by atoms with Gasteiger partial charge in [0.2, 0.25) is 5.82 Å². The van der Waals surface area contributed by atoms with E-state index < -0.39 is 11.9 Å². The number of amides is 1. The fourth-order valence-corrected chi connectivity index (χ4v) is 2.55. The zero-order chi connectivity index (χ0) is 20.9. The Morgan fingerprint density at radius 1 is 1.17 bits per heavy atom. The Bertz CT molecular complexity index is 954. The molecule has 0 bridgehead atoms. The standard InChI is InChI=1S/C13H15N5O.C6H4F3N/c1-18-8-14-7-11(18)10-5-6-15-12(17-10)13(19)16-9-3-2-4-9;7-6(8,9)5-3-1-2-4-10-5/h5-9H,2-4H2,1H3,(H,16,19);1-4H. The van der Waals surface area contributed by atoms with E-state index in [-0.39, 0.29) is 17.8 Å². The van der Waals surface area contributed by atoms with Crippen LogP contribution in [0.1, 0.15) is 35.6 Å². The Morgan fingerprint density at radius 3 is 2.48 bits per heavy atom. The molecule has 3 aromatic heterocycles. The molecule has 3 aromatic rings. The van der Waals surface area contributed by atoms with E-state index in [1.165, 1.54) is 18.6 Å². The molecule has 1 amide bonds. The van der Waals surface area contributed by atoms with Gasteiger partial charge < -0.3 is 9.88 Å². The largest absolute Gasteiger partial charge is 0.433 e. The van der Waals surface area contributed by atoms with Gasteiger partial charge in [-0.1, -0.05) is 6.07 Å². The molecule has 0 unspecified atom stereocenters.